The normalized spacial score (nSPS) is 11.2. The molecule has 25 heavy (non-hydrogen) atoms. The van der Waals surface area contributed by atoms with Crippen LogP contribution in [0.5, 0.6) is 0 Å². The minimum Gasteiger partial charge on any atom is -0.370 e. The summed E-state index contributed by atoms with van der Waals surface area (Å²) in [6.45, 7) is 6.94. The zero-order chi connectivity index (χ0) is 17.6. The van der Waals surface area contributed by atoms with Crippen LogP contribution in [0.25, 0.3) is 11.4 Å². The molecule has 2 aromatic heterocycles. The number of halogens is 2. The van der Waals surface area contributed by atoms with E-state index in [-0.39, 0.29) is 17.1 Å². The van der Waals surface area contributed by atoms with Crippen LogP contribution in [0.1, 0.15) is 20.8 Å². The molecule has 0 aliphatic heterocycles. The van der Waals surface area contributed by atoms with Crippen LogP contribution in [0.2, 0.25) is 10.0 Å². The van der Waals surface area contributed by atoms with Gasteiger partial charge in [0.2, 0.25) is 0 Å². The minimum absolute atomic E-state index is 0. The molecule has 0 aliphatic carbocycles. The Hall–Kier alpha value is -0.504. The third-order valence-corrected chi connectivity index (χ3v) is 7.26. The zero-order valence-electron chi connectivity index (χ0n) is 14.2. The Balaban J connectivity index is 0.00000312. The van der Waals surface area contributed by atoms with E-state index in [1.807, 2.05) is 39.0 Å². The molecule has 0 atom stereocenters. The van der Waals surface area contributed by atoms with Crippen molar-refractivity contribution in [3.63, 3.8) is 0 Å². The minimum atomic E-state index is -3.17. The second-order valence-corrected chi connectivity index (χ2v) is 7.99. The summed E-state index contributed by atoms with van der Waals surface area (Å²) in [5.74, 6) is 0. The van der Waals surface area contributed by atoms with Crippen molar-refractivity contribution >= 4 is 37.2 Å². The summed E-state index contributed by atoms with van der Waals surface area (Å²) in [6.07, 6.45) is 3.29. The van der Waals surface area contributed by atoms with Crippen molar-refractivity contribution in [2.75, 3.05) is 19.8 Å². The van der Waals surface area contributed by atoms with Crippen LogP contribution in [0.4, 0.5) is 0 Å². The Bertz CT molecular complexity index is 663. The van der Waals surface area contributed by atoms with Crippen molar-refractivity contribution in [2.24, 2.45) is 0 Å². The molecule has 0 spiro atoms. The summed E-state index contributed by atoms with van der Waals surface area (Å²) < 4.78 is 17.6. The van der Waals surface area contributed by atoms with E-state index in [1.165, 1.54) is 0 Å². The van der Waals surface area contributed by atoms with Gasteiger partial charge in [0.1, 0.15) is 5.69 Å². The van der Waals surface area contributed by atoms with Gasteiger partial charge in [-0.3, -0.25) is 9.97 Å². The van der Waals surface area contributed by atoms with E-state index >= 15 is 0 Å². The molecule has 141 valence electrons. The second kappa shape index (κ2) is 10.6. The fourth-order valence-corrected chi connectivity index (χ4v) is 5.57. The fraction of sp³-hybridized carbons (Fsp3) is 0.375. The van der Waals surface area contributed by atoms with Crippen LogP contribution in [-0.4, -0.2) is 38.6 Å². The average Bonchev–Trinajstić information content (AvgIpc) is 2.58. The molecule has 0 unspecified atom stereocenters. The van der Waals surface area contributed by atoms with Gasteiger partial charge in [-0.05, 0) is 32.9 Å². The molecule has 0 fully saturated rings. The Morgan fingerprint density at radius 1 is 0.920 bits per heavy atom. The summed E-state index contributed by atoms with van der Waals surface area (Å²) in [6, 6.07) is 5.51. The van der Waals surface area contributed by atoms with Gasteiger partial charge < -0.3 is 13.3 Å². The van der Waals surface area contributed by atoms with Gasteiger partial charge in [-0.15, -0.1) is 0 Å². The van der Waals surface area contributed by atoms with Gasteiger partial charge in [-0.1, -0.05) is 29.3 Å². The number of hydrogen-bond acceptors (Lipinski definition) is 5. The standard InChI is InChI=1S/C16H20Cl2N2O3Si.Cu/c1-4-21-24(22-5-2,23-6-3)13-11-20-16(15(18)14(13)17)12-9-7-8-10-19-12;/h7-11H,4-6H2,1-3H3;. The first-order valence-electron chi connectivity index (χ1n) is 7.77. The molecule has 0 saturated carbocycles. The van der Waals surface area contributed by atoms with Crippen molar-refractivity contribution in [1.82, 2.24) is 9.97 Å². The van der Waals surface area contributed by atoms with E-state index in [0.29, 0.717) is 46.4 Å². The number of rotatable bonds is 8. The van der Waals surface area contributed by atoms with Gasteiger partial charge in [0, 0.05) is 49.3 Å². The van der Waals surface area contributed by atoms with Gasteiger partial charge in [0.15, 0.2) is 0 Å². The Morgan fingerprint density at radius 2 is 1.52 bits per heavy atom. The summed E-state index contributed by atoms with van der Waals surface area (Å²) in [5.41, 5.74) is 1.16. The van der Waals surface area contributed by atoms with Crippen LogP contribution < -0.4 is 5.19 Å². The average molecular weight is 451 g/mol. The van der Waals surface area contributed by atoms with E-state index in [9.17, 15) is 0 Å². The monoisotopic (exact) mass is 449 g/mol. The summed E-state index contributed by atoms with van der Waals surface area (Å²) in [7, 11) is -3.17. The number of pyridine rings is 2. The van der Waals surface area contributed by atoms with Gasteiger partial charge in [0.05, 0.1) is 20.9 Å². The summed E-state index contributed by atoms with van der Waals surface area (Å²) in [4.78, 5) is 8.70. The van der Waals surface area contributed by atoms with E-state index in [2.05, 4.69) is 9.97 Å². The molecule has 2 rings (SSSR count). The van der Waals surface area contributed by atoms with Crippen molar-refractivity contribution < 1.29 is 30.3 Å². The molecule has 0 bridgehead atoms. The van der Waals surface area contributed by atoms with E-state index < -0.39 is 8.80 Å². The Kier molecular flexibility index (Phi) is 9.55. The third-order valence-electron chi connectivity index (χ3n) is 3.20. The zero-order valence-corrected chi connectivity index (χ0v) is 17.6. The Labute approximate surface area is 169 Å². The van der Waals surface area contributed by atoms with Crippen molar-refractivity contribution in [1.29, 1.82) is 0 Å². The topological polar surface area (TPSA) is 53.5 Å². The predicted octanol–water partition coefficient (Wildman–Crippen LogP) is 3.70. The quantitative estimate of drug-likeness (QED) is 0.574. The van der Waals surface area contributed by atoms with Crippen LogP contribution in [0.3, 0.4) is 0 Å². The molecule has 2 heterocycles. The molecule has 1 radical (unpaired) electrons. The van der Waals surface area contributed by atoms with E-state index in [1.54, 1.807) is 12.4 Å². The Morgan fingerprint density at radius 3 is 2.00 bits per heavy atom. The molecule has 0 saturated heterocycles. The van der Waals surface area contributed by atoms with Gasteiger partial charge in [-0.2, -0.15) is 0 Å². The smallest absolute Gasteiger partial charge is 0.370 e. The molecule has 0 amide bonds. The maximum absolute atomic E-state index is 6.53. The molecular weight excluding hydrogens is 431 g/mol. The molecule has 5 nitrogen and oxygen atoms in total. The van der Waals surface area contributed by atoms with Crippen molar-refractivity contribution in [3.8, 4) is 11.4 Å². The van der Waals surface area contributed by atoms with Crippen LogP contribution in [-0.2, 0) is 30.3 Å². The third kappa shape index (κ3) is 5.02. The van der Waals surface area contributed by atoms with Crippen LogP contribution in [0.15, 0.2) is 30.6 Å². The van der Waals surface area contributed by atoms with Crippen LogP contribution >= 0.6 is 23.2 Å². The largest absolute Gasteiger partial charge is 0.540 e. The van der Waals surface area contributed by atoms with Gasteiger partial charge in [0.25, 0.3) is 0 Å². The van der Waals surface area contributed by atoms with E-state index in [0.717, 1.165) is 0 Å². The molecule has 9 heteroatoms. The van der Waals surface area contributed by atoms with Crippen molar-refractivity contribution in [3.05, 3.63) is 40.6 Å². The molecule has 0 N–H and O–H groups in total. The summed E-state index contributed by atoms with van der Waals surface area (Å²) in [5, 5.41) is 1.21. The maximum Gasteiger partial charge on any atom is 0.540 e. The predicted molar refractivity (Wildman–Crippen MR) is 97.8 cm³/mol. The van der Waals surface area contributed by atoms with E-state index in [4.69, 9.17) is 36.5 Å². The number of aromatic nitrogens is 2. The van der Waals surface area contributed by atoms with Crippen LogP contribution in [0, 0.1) is 0 Å². The first-order valence-corrected chi connectivity index (χ1v) is 10.2. The van der Waals surface area contributed by atoms with Crippen molar-refractivity contribution in [2.45, 2.75) is 20.8 Å². The molecular formula is C16H20Cl2CuN2O3Si. The number of hydrogen-bond donors (Lipinski definition) is 0. The first kappa shape index (κ1) is 22.5. The SMILES string of the molecule is CCO[Si](OCC)(OCC)c1cnc(-c2ccccn2)c(Cl)c1Cl.[Cu]. The maximum atomic E-state index is 6.53. The second-order valence-electron chi connectivity index (χ2n) is 4.72. The molecule has 2 aromatic rings. The molecule has 0 aromatic carbocycles. The summed E-state index contributed by atoms with van der Waals surface area (Å²) >= 11 is 13.0. The van der Waals surface area contributed by atoms with Gasteiger partial charge in [-0.25, -0.2) is 0 Å². The molecule has 0 aliphatic rings. The fourth-order valence-electron chi connectivity index (χ4n) is 2.29. The number of nitrogens with zero attached hydrogens (tertiary/aromatic N) is 2. The first-order chi connectivity index (χ1) is 11.6. The van der Waals surface area contributed by atoms with Gasteiger partial charge >= 0.3 is 8.80 Å².